The number of aromatic nitrogens is 2. The van der Waals surface area contributed by atoms with Crippen molar-refractivity contribution in [2.45, 2.75) is 75.3 Å². The molecule has 6 rings (SSSR count). The highest BCUT2D eigenvalue weighted by molar-refractivity contribution is 8.00. The Morgan fingerprint density at radius 1 is 1.04 bits per heavy atom. The van der Waals surface area contributed by atoms with Gasteiger partial charge in [0.15, 0.2) is 4.84 Å². The van der Waals surface area contributed by atoms with Gasteiger partial charge in [0.1, 0.15) is 36.5 Å². The zero-order valence-corrected chi connectivity index (χ0v) is 43.8. The second-order valence-corrected chi connectivity index (χ2v) is 20.0. The molecule has 26 heteroatoms. The number of fused-ring (bicyclic) bond motifs is 2. The van der Waals surface area contributed by atoms with E-state index in [-0.39, 0.29) is 51.8 Å². The molecule has 69 heavy (non-hydrogen) atoms. The van der Waals surface area contributed by atoms with Crippen LogP contribution < -0.4 is 29.5 Å². The number of alkyl halides is 3. The SMILES string of the molecule is CC1COc2ccccc2N1C(=O)C(Cl)Cl.CCc1cccc(CC)c1N(COC)C(=O)CCl.COC(=O)CSc1cc(N=c2sc(=O)n3n2CCCC3)c(F)cc1Cl.O=C(O)CNCP(=O)(O)O. The van der Waals surface area contributed by atoms with Crippen LogP contribution in [0.25, 0.3) is 0 Å². The molecule has 2 amide bonds. The highest BCUT2D eigenvalue weighted by atomic mass is 35.5. The molecule has 4 N–H and O–H groups in total. The molecule has 1 atom stereocenters. The summed E-state index contributed by atoms with van der Waals surface area (Å²) in [5.74, 6) is -1.87. The van der Waals surface area contributed by atoms with Crippen molar-refractivity contribution in [1.82, 2.24) is 14.7 Å². The Morgan fingerprint density at radius 2 is 1.68 bits per heavy atom. The number of thioether (sulfide) groups is 1. The molecular weight excluding hydrogens is 1050 g/mol. The summed E-state index contributed by atoms with van der Waals surface area (Å²) >= 11 is 25.1. The minimum absolute atomic E-state index is 0.0371. The normalized spacial score (nSPS) is 14.1. The van der Waals surface area contributed by atoms with Gasteiger partial charge in [-0.2, -0.15) is 0 Å². The number of para-hydroxylation sites is 3. The topological polar surface area (TPSA) is 232 Å². The Morgan fingerprint density at radius 3 is 2.25 bits per heavy atom. The number of anilines is 2. The van der Waals surface area contributed by atoms with Crippen molar-refractivity contribution in [3.8, 4) is 5.75 Å². The highest BCUT2D eigenvalue weighted by Gasteiger charge is 2.32. The van der Waals surface area contributed by atoms with Crippen LogP contribution in [0.2, 0.25) is 5.02 Å². The minimum Gasteiger partial charge on any atom is -0.489 e. The zero-order valence-electron chi connectivity index (χ0n) is 38.2. The fourth-order valence-electron chi connectivity index (χ4n) is 6.51. The molecule has 0 bridgehead atoms. The number of carbonyl (C=O) groups is 4. The number of carboxylic acids is 1. The van der Waals surface area contributed by atoms with Gasteiger partial charge in [0, 0.05) is 25.1 Å². The van der Waals surface area contributed by atoms with Gasteiger partial charge in [-0.25, -0.2) is 14.1 Å². The second kappa shape index (κ2) is 29.4. The molecule has 3 aromatic carbocycles. The smallest absolute Gasteiger partial charge is 0.339 e. The maximum absolute atomic E-state index is 14.3. The van der Waals surface area contributed by atoms with Crippen molar-refractivity contribution in [3.63, 3.8) is 0 Å². The number of hydrogen-bond acceptors (Lipinski definition) is 13. The average Bonchev–Trinajstić information content (AvgIpc) is 3.64. The average molecular weight is 1100 g/mol. The number of amides is 2. The lowest BCUT2D eigenvalue weighted by Gasteiger charge is -2.35. The Hall–Kier alpha value is -3.99. The number of benzene rings is 3. The number of ether oxygens (including phenoxy) is 3. The fraction of sp³-hybridized carbons (Fsp3) is 0.442. The molecular formula is C43H54Cl4FN6O12PS2. The molecule has 0 fully saturated rings. The van der Waals surface area contributed by atoms with E-state index < -0.39 is 43.0 Å². The van der Waals surface area contributed by atoms with E-state index in [0.29, 0.717) is 35.1 Å². The summed E-state index contributed by atoms with van der Waals surface area (Å²) in [6, 6.07) is 16.0. The van der Waals surface area contributed by atoms with E-state index in [1.54, 1.807) is 26.3 Å². The van der Waals surface area contributed by atoms with Crippen molar-refractivity contribution in [2.75, 3.05) is 61.8 Å². The number of nitrogens with one attached hydrogen (secondary N) is 1. The number of carbonyl (C=O) groups excluding carboxylic acids is 3. The van der Waals surface area contributed by atoms with E-state index in [4.69, 9.17) is 70.8 Å². The van der Waals surface area contributed by atoms with E-state index in [0.717, 1.165) is 77.3 Å². The van der Waals surface area contributed by atoms with Crippen LogP contribution in [-0.2, 0) is 59.1 Å². The Bertz CT molecular complexity index is 2540. The number of hydrogen-bond donors (Lipinski definition) is 4. The first-order valence-corrected chi connectivity index (χ1v) is 26.4. The first-order chi connectivity index (χ1) is 32.7. The van der Waals surface area contributed by atoms with Gasteiger partial charge < -0.3 is 34.0 Å². The van der Waals surface area contributed by atoms with Gasteiger partial charge in [0.2, 0.25) is 10.7 Å². The predicted octanol–water partition coefficient (Wildman–Crippen LogP) is 7.18. The van der Waals surface area contributed by atoms with Crippen LogP contribution in [-0.4, -0.2) is 111 Å². The van der Waals surface area contributed by atoms with E-state index in [1.165, 1.54) is 13.2 Å². The van der Waals surface area contributed by atoms with Crippen molar-refractivity contribution in [3.05, 3.63) is 91.0 Å². The van der Waals surface area contributed by atoms with Crippen LogP contribution in [0.5, 0.6) is 5.75 Å². The molecule has 18 nitrogen and oxygen atoms in total. The molecule has 2 aliphatic rings. The summed E-state index contributed by atoms with van der Waals surface area (Å²) in [7, 11) is -1.22. The molecule has 3 heterocycles. The van der Waals surface area contributed by atoms with Crippen molar-refractivity contribution in [1.29, 1.82) is 0 Å². The lowest BCUT2D eigenvalue weighted by Crippen LogP contribution is -2.47. The largest absolute Gasteiger partial charge is 0.489 e. The van der Waals surface area contributed by atoms with Crippen LogP contribution in [0.3, 0.4) is 0 Å². The number of halogens is 5. The first kappa shape index (κ1) is 59.3. The minimum atomic E-state index is -4.10. The second-order valence-electron chi connectivity index (χ2n) is 14.6. The number of nitrogens with zero attached hydrogens (tertiary/aromatic N) is 5. The first-order valence-electron chi connectivity index (χ1n) is 21.0. The third-order valence-corrected chi connectivity index (χ3v) is 13.2. The van der Waals surface area contributed by atoms with E-state index in [9.17, 15) is 32.9 Å². The number of aryl methyl sites for hydroxylation is 2. The van der Waals surface area contributed by atoms with E-state index >= 15 is 0 Å². The summed E-state index contributed by atoms with van der Waals surface area (Å²) in [5.41, 5.74) is 4.04. The summed E-state index contributed by atoms with van der Waals surface area (Å²) in [4.78, 5) is 80.6. The van der Waals surface area contributed by atoms with Crippen LogP contribution in [0.15, 0.2) is 69.3 Å². The van der Waals surface area contributed by atoms with Crippen LogP contribution >= 0.6 is 77.1 Å². The molecule has 4 aromatic rings. The molecule has 0 spiro atoms. The molecule has 380 valence electrons. The summed E-state index contributed by atoms with van der Waals surface area (Å²) in [6.07, 6.45) is 3.05. The number of esters is 1. The summed E-state index contributed by atoms with van der Waals surface area (Å²) in [5, 5.41) is 10.3. The Balaban J connectivity index is 0.000000256. The highest BCUT2D eigenvalue weighted by Crippen LogP contribution is 2.36. The van der Waals surface area contributed by atoms with Gasteiger partial charge in [-0.1, -0.05) is 79.0 Å². The molecule has 2 aliphatic heterocycles. The molecule has 0 aliphatic carbocycles. The van der Waals surface area contributed by atoms with Crippen LogP contribution in [0.1, 0.15) is 44.7 Å². The predicted molar refractivity (Wildman–Crippen MR) is 267 cm³/mol. The Labute approximate surface area is 426 Å². The zero-order chi connectivity index (χ0) is 51.4. The van der Waals surface area contributed by atoms with Gasteiger partial charge in [-0.15, -0.1) is 23.4 Å². The molecule has 0 radical (unpaired) electrons. The summed E-state index contributed by atoms with van der Waals surface area (Å²) in [6.45, 7) is 7.61. The maximum Gasteiger partial charge on any atom is 0.339 e. The fourth-order valence-corrected chi connectivity index (χ4v) is 9.25. The molecule has 1 unspecified atom stereocenters. The lowest BCUT2D eigenvalue weighted by molar-refractivity contribution is -0.137. The lowest BCUT2D eigenvalue weighted by atomic mass is 10.0. The molecule has 0 saturated carbocycles. The molecule has 1 aromatic heterocycles. The van der Waals surface area contributed by atoms with E-state index in [1.807, 2.05) is 49.4 Å². The van der Waals surface area contributed by atoms with Gasteiger partial charge >= 0.3 is 24.4 Å². The number of methoxy groups -OCH3 is 2. The monoisotopic (exact) mass is 1100 g/mol. The van der Waals surface area contributed by atoms with Gasteiger partial charge in [0.25, 0.3) is 5.91 Å². The quantitative estimate of drug-likeness (QED) is 0.0304. The number of rotatable bonds is 15. The van der Waals surface area contributed by atoms with Gasteiger partial charge in [0.05, 0.1) is 48.1 Å². The standard InChI is InChI=1S/C15H15ClFN3O3S2.C14H20ClNO2.C11H11Cl2NO2.C3H8NO5P/c1-23-13(21)8-24-12-7-11(10(17)6-9(12)16)18-14-19-4-2-3-5-20(19)15(22)25-14;1-4-11-7-6-8-12(5-2)14(11)16(10-18-3)13(17)9-15;1-7-6-16-9-5-3-2-4-8(9)14(7)11(15)10(12)13;5-3(6)1-4-2-10(7,8)9/h6-7H,2-5,8H2,1H3;6-8H,4-5,9-10H2,1-3H3;2-5,7,10H,6H2,1H3;4H,1-2H2,(H,5,6)(H2,7,8,9). The third-order valence-electron chi connectivity index (χ3n) is 9.65. The third kappa shape index (κ3) is 18.3. The van der Waals surface area contributed by atoms with Gasteiger partial charge in [-0.3, -0.25) is 43.4 Å². The molecule has 0 saturated heterocycles. The number of aliphatic carboxylic acids is 1. The number of carboxylic acid groups (broad SMARTS) is 1. The van der Waals surface area contributed by atoms with Crippen molar-refractivity contribution >= 4 is 118 Å². The van der Waals surface area contributed by atoms with Crippen LogP contribution in [0.4, 0.5) is 21.5 Å². The van der Waals surface area contributed by atoms with Crippen LogP contribution in [0, 0.1) is 5.82 Å². The van der Waals surface area contributed by atoms with Crippen molar-refractivity contribution in [2.24, 2.45) is 4.99 Å². The van der Waals surface area contributed by atoms with Gasteiger partial charge in [-0.05, 0) is 79.3 Å². The summed E-state index contributed by atoms with van der Waals surface area (Å²) < 4.78 is 42.9. The van der Waals surface area contributed by atoms with E-state index in [2.05, 4.69) is 28.9 Å². The van der Waals surface area contributed by atoms with Crippen molar-refractivity contribution < 1.29 is 57.2 Å². The Kier molecular flexibility index (Phi) is 25.3. The maximum atomic E-state index is 14.3.